The van der Waals surface area contributed by atoms with Gasteiger partial charge in [0.15, 0.2) is 0 Å². The van der Waals surface area contributed by atoms with Gasteiger partial charge in [-0.25, -0.2) is 5.43 Å². The Balaban J connectivity index is 2.05. The Hall–Kier alpha value is -1.98. The highest BCUT2D eigenvalue weighted by Crippen LogP contribution is 2.34. The first kappa shape index (κ1) is 12.1. The molecule has 0 amide bonds. The Morgan fingerprint density at radius 1 is 1.26 bits per heavy atom. The predicted molar refractivity (Wildman–Crippen MR) is 71.5 cm³/mol. The lowest BCUT2D eigenvalue weighted by Gasteiger charge is -2.24. The van der Waals surface area contributed by atoms with Crippen molar-refractivity contribution in [1.82, 2.24) is 15.6 Å². The standard InChI is InChI=1S/C14H16N4O/c15-18-13(11-6-7-16-17-9-11)12-5-1-3-10-4-2-8-19-14(10)12/h1,3,5-7,9,13,18H,2,4,8,15H2. The minimum Gasteiger partial charge on any atom is -0.493 e. The summed E-state index contributed by atoms with van der Waals surface area (Å²) < 4.78 is 5.83. The maximum absolute atomic E-state index is 5.83. The summed E-state index contributed by atoms with van der Waals surface area (Å²) in [4.78, 5) is 0. The summed E-state index contributed by atoms with van der Waals surface area (Å²) in [6.45, 7) is 0.760. The molecule has 0 saturated carbocycles. The van der Waals surface area contributed by atoms with E-state index in [-0.39, 0.29) is 6.04 Å². The van der Waals surface area contributed by atoms with E-state index in [1.54, 1.807) is 12.4 Å². The van der Waals surface area contributed by atoms with Crippen molar-refractivity contribution in [2.75, 3.05) is 6.61 Å². The van der Waals surface area contributed by atoms with E-state index < -0.39 is 0 Å². The third-order valence-corrected chi connectivity index (χ3v) is 3.38. The van der Waals surface area contributed by atoms with Gasteiger partial charge in [-0.1, -0.05) is 18.2 Å². The molecule has 3 N–H and O–H groups in total. The second kappa shape index (κ2) is 5.34. The summed E-state index contributed by atoms with van der Waals surface area (Å²) in [5.74, 6) is 6.67. The van der Waals surface area contributed by atoms with Crippen molar-refractivity contribution in [3.63, 3.8) is 0 Å². The molecule has 1 aromatic carbocycles. The molecule has 2 aromatic rings. The monoisotopic (exact) mass is 256 g/mol. The molecule has 0 spiro atoms. The molecule has 1 atom stereocenters. The van der Waals surface area contributed by atoms with Crippen molar-refractivity contribution < 1.29 is 4.74 Å². The molecule has 1 aromatic heterocycles. The number of hydrogen-bond donors (Lipinski definition) is 2. The van der Waals surface area contributed by atoms with Gasteiger partial charge in [-0.05, 0) is 30.0 Å². The van der Waals surface area contributed by atoms with Crippen LogP contribution >= 0.6 is 0 Å². The number of aryl methyl sites for hydroxylation is 1. The van der Waals surface area contributed by atoms with E-state index in [4.69, 9.17) is 10.6 Å². The fraction of sp³-hybridized carbons (Fsp3) is 0.286. The van der Waals surface area contributed by atoms with Gasteiger partial charge in [0.1, 0.15) is 5.75 Å². The number of para-hydroxylation sites is 1. The van der Waals surface area contributed by atoms with Crippen molar-refractivity contribution >= 4 is 0 Å². The van der Waals surface area contributed by atoms with Crippen molar-refractivity contribution in [1.29, 1.82) is 0 Å². The highest BCUT2D eigenvalue weighted by molar-refractivity contribution is 5.47. The number of hydrogen-bond acceptors (Lipinski definition) is 5. The topological polar surface area (TPSA) is 73.1 Å². The molecule has 1 aliphatic rings. The molecular weight excluding hydrogens is 240 g/mol. The molecule has 3 rings (SSSR count). The van der Waals surface area contributed by atoms with Crippen molar-refractivity contribution in [3.8, 4) is 5.75 Å². The lowest BCUT2D eigenvalue weighted by Crippen LogP contribution is -2.30. The molecule has 19 heavy (non-hydrogen) atoms. The van der Waals surface area contributed by atoms with Gasteiger partial charge < -0.3 is 4.74 Å². The van der Waals surface area contributed by atoms with E-state index in [9.17, 15) is 0 Å². The van der Waals surface area contributed by atoms with Gasteiger partial charge in [-0.3, -0.25) is 5.84 Å². The van der Waals surface area contributed by atoms with Gasteiger partial charge in [0.05, 0.1) is 18.8 Å². The number of rotatable bonds is 3. The normalized spacial score (nSPS) is 15.4. The van der Waals surface area contributed by atoms with Crippen molar-refractivity contribution in [2.45, 2.75) is 18.9 Å². The first-order valence-electron chi connectivity index (χ1n) is 6.37. The van der Waals surface area contributed by atoms with E-state index in [0.717, 1.165) is 36.3 Å². The third-order valence-electron chi connectivity index (χ3n) is 3.38. The Morgan fingerprint density at radius 2 is 2.21 bits per heavy atom. The zero-order chi connectivity index (χ0) is 13.1. The second-order valence-corrected chi connectivity index (χ2v) is 4.56. The number of nitrogens with one attached hydrogen (secondary N) is 1. The molecule has 0 bridgehead atoms. The SMILES string of the molecule is NNC(c1ccnnc1)c1cccc2c1OCCC2. The van der Waals surface area contributed by atoms with Crippen LogP contribution in [0, 0.1) is 0 Å². The lowest BCUT2D eigenvalue weighted by molar-refractivity contribution is 0.283. The predicted octanol–water partition coefficient (Wildman–Crippen LogP) is 1.35. The number of nitrogens with zero attached hydrogens (tertiary/aromatic N) is 2. The van der Waals surface area contributed by atoms with Gasteiger partial charge in [0, 0.05) is 11.8 Å². The molecule has 0 aliphatic carbocycles. The van der Waals surface area contributed by atoms with Crippen LogP contribution in [0.1, 0.15) is 29.2 Å². The van der Waals surface area contributed by atoms with E-state index in [2.05, 4.69) is 21.7 Å². The number of fused-ring (bicyclic) bond motifs is 1. The molecular formula is C14H16N4O. The van der Waals surface area contributed by atoms with Crippen LogP contribution in [0.4, 0.5) is 0 Å². The molecule has 1 aliphatic heterocycles. The van der Waals surface area contributed by atoms with Gasteiger partial charge in [-0.15, -0.1) is 0 Å². The van der Waals surface area contributed by atoms with Crippen LogP contribution in [0.3, 0.4) is 0 Å². The summed E-state index contributed by atoms with van der Waals surface area (Å²) in [6.07, 6.45) is 5.49. The molecule has 5 nitrogen and oxygen atoms in total. The summed E-state index contributed by atoms with van der Waals surface area (Å²) in [5.41, 5.74) is 6.10. The van der Waals surface area contributed by atoms with Gasteiger partial charge >= 0.3 is 0 Å². The third kappa shape index (κ3) is 2.30. The average molecular weight is 256 g/mol. The second-order valence-electron chi connectivity index (χ2n) is 4.56. The first-order chi connectivity index (χ1) is 9.40. The number of aromatic nitrogens is 2. The Kier molecular flexibility index (Phi) is 3.39. The summed E-state index contributed by atoms with van der Waals surface area (Å²) in [6, 6.07) is 7.95. The van der Waals surface area contributed by atoms with Gasteiger partial charge in [0.2, 0.25) is 0 Å². The zero-order valence-electron chi connectivity index (χ0n) is 10.5. The lowest BCUT2D eigenvalue weighted by atomic mass is 9.95. The van der Waals surface area contributed by atoms with Crippen LogP contribution < -0.4 is 16.0 Å². The van der Waals surface area contributed by atoms with E-state index in [0.29, 0.717) is 0 Å². The van der Waals surface area contributed by atoms with E-state index in [1.165, 1.54) is 5.56 Å². The minimum absolute atomic E-state index is 0.136. The Morgan fingerprint density at radius 3 is 3.00 bits per heavy atom. The number of nitrogens with two attached hydrogens (primary N) is 1. The highest BCUT2D eigenvalue weighted by atomic mass is 16.5. The zero-order valence-corrected chi connectivity index (χ0v) is 10.5. The smallest absolute Gasteiger partial charge is 0.127 e. The molecule has 0 saturated heterocycles. The van der Waals surface area contributed by atoms with Crippen molar-refractivity contribution in [2.24, 2.45) is 5.84 Å². The van der Waals surface area contributed by atoms with Gasteiger partial charge in [-0.2, -0.15) is 10.2 Å². The van der Waals surface area contributed by atoms with Gasteiger partial charge in [0.25, 0.3) is 0 Å². The molecule has 98 valence electrons. The van der Waals surface area contributed by atoms with Crippen LogP contribution in [0.5, 0.6) is 5.75 Å². The van der Waals surface area contributed by atoms with Crippen LogP contribution in [0.25, 0.3) is 0 Å². The number of hydrazine groups is 1. The fourth-order valence-electron chi connectivity index (χ4n) is 2.48. The highest BCUT2D eigenvalue weighted by Gasteiger charge is 2.21. The number of benzene rings is 1. The maximum Gasteiger partial charge on any atom is 0.127 e. The molecule has 2 heterocycles. The summed E-state index contributed by atoms with van der Waals surface area (Å²) in [5, 5.41) is 7.70. The fourth-order valence-corrected chi connectivity index (χ4v) is 2.48. The van der Waals surface area contributed by atoms with E-state index >= 15 is 0 Å². The minimum atomic E-state index is -0.136. The van der Waals surface area contributed by atoms with E-state index in [1.807, 2.05) is 18.2 Å². The summed E-state index contributed by atoms with van der Waals surface area (Å²) >= 11 is 0. The molecule has 1 unspecified atom stereocenters. The quantitative estimate of drug-likeness (QED) is 0.640. The summed E-state index contributed by atoms with van der Waals surface area (Å²) in [7, 11) is 0. The van der Waals surface area contributed by atoms with Crippen LogP contribution in [0.2, 0.25) is 0 Å². The Bertz CT molecular complexity index is 559. The molecule has 5 heteroatoms. The van der Waals surface area contributed by atoms with Crippen molar-refractivity contribution in [3.05, 3.63) is 53.3 Å². The average Bonchev–Trinajstić information content (AvgIpc) is 2.49. The molecule has 0 fully saturated rings. The first-order valence-corrected chi connectivity index (χ1v) is 6.37. The van der Waals surface area contributed by atoms with Crippen LogP contribution in [-0.4, -0.2) is 16.8 Å². The largest absolute Gasteiger partial charge is 0.493 e. The Labute approximate surface area is 111 Å². The molecule has 0 radical (unpaired) electrons. The number of ether oxygens (including phenoxy) is 1. The van der Waals surface area contributed by atoms with Crippen LogP contribution in [0.15, 0.2) is 36.7 Å². The maximum atomic E-state index is 5.83. The van der Waals surface area contributed by atoms with Crippen LogP contribution in [-0.2, 0) is 6.42 Å².